The Morgan fingerprint density at radius 1 is 0.225 bits per heavy atom. The molecule has 16 aromatic carbocycles. The van der Waals surface area contributed by atoms with E-state index in [9.17, 15) is 10.0 Å². The summed E-state index contributed by atoms with van der Waals surface area (Å²) in [6.45, 7) is 0. The van der Waals surface area contributed by atoms with Gasteiger partial charge in [0.05, 0.1) is 0 Å². The third-order valence-corrected chi connectivity index (χ3v) is 16.6. The second-order valence-electron chi connectivity index (χ2n) is 20.6. The van der Waals surface area contributed by atoms with Crippen LogP contribution in [-0.2, 0) is 0 Å². The topological polar surface area (TPSA) is 40.5 Å². The fraction of sp³-hybridized carbons (Fsp3) is 0. The van der Waals surface area contributed by atoms with Crippen molar-refractivity contribution in [3.8, 4) is 33.4 Å². The molecule has 0 aromatic heterocycles. The quantitative estimate of drug-likeness (QED) is 0.136. The zero-order valence-electron chi connectivity index (χ0n) is 43.6. The van der Waals surface area contributed by atoms with E-state index in [2.05, 4.69) is 259 Å². The lowest BCUT2D eigenvalue weighted by atomic mass is 9.79. The van der Waals surface area contributed by atoms with Crippen molar-refractivity contribution in [3.63, 3.8) is 0 Å². The molecular formula is C76H50BBrO2. The van der Waals surface area contributed by atoms with Crippen LogP contribution in [0, 0.1) is 0 Å². The summed E-state index contributed by atoms with van der Waals surface area (Å²) in [5.41, 5.74) is 7.88. The first-order valence-electron chi connectivity index (χ1n) is 27.1. The summed E-state index contributed by atoms with van der Waals surface area (Å²) in [6, 6.07) is 103. The third-order valence-electron chi connectivity index (χ3n) is 16.0. The molecule has 0 bridgehead atoms. The van der Waals surface area contributed by atoms with Gasteiger partial charge in [0.2, 0.25) is 0 Å². The summed E-state index contributed by atoms with van der Waals surface area (Å²) in [5.74, 6) is 0. The molecule has 0 aliphatic carbocycles. The minimum atomic E-state index is -1.42. The molecule has 376 valence electrons. The molecule has 0 unspecified atom stereocenters. The summed E-state index contributed by atoms with van der Waals surface area (Å²) in [6.07, 6.45) is 0. The summed E-state index contributed by atoms with van der Waals surface area (Å²) in [5, 5.41) is 44.0. The molecule has 0 heterocycles. The zero-order chi connectivity index (χ0) is 53.7. The van der Waals surface area contributed by atoms with Gasteiger partial charge in [-0.3, -0.25) is 0 Å². The standard InChI is InChI=1S/C38H24.C22H13Br.C16H13BO2/c1-2-10-25(11-3-1)26-18-19-28-23-29(21-20-27(28)22-26)36-24-37-32-14-5-4-12-30(32)31-13-6-8-16-34(31)38(37)35-17-9-7-15-33(35)36;23-21-13-20-16-9-2-1-7-14(16)15-8-3-5-11-18(15)22(20)19-12-6-4-10-17(19)21;18-17(19)16-9-8-14-10-13(6-7-15(14)11-16)12-4-2-1-3-5-12/h1-24H;1-13H;1-11,18-19H. The van der Waals surface area contributed by atoms with Gasteiger partial charge < -0.3 is 10.0 Å². The van der Waals surface area contributed by atoms with Gasteiger partial charge in [-0.2, -0.15) is 0 Å². The maximum atomic E-state index is 9.17. The Bertz CT molecular complexity index is 5060. The molecule has 0 saturated heterocycles. The molecule has 0 fully saturated rings. The van der Waals surface area contributed by atoms with Gasteiger partial charge >= 0.3 is 7.12 Å². The molecule has 2 nitrogen and oxygen atoms in total. The maximum Gasteiger partial charge on any atom is 0.488 e. The number of hydrogen-bond donors (Lipinski definition) is 2. The Labute approximate surface area is 472 Å². The first kappa shape index (κ1) is 48.9. The molecule has 16 rings (SSSR count). The molecule has 0 saturated carbocycles. The van der Waals surface area contributed by atoms with Crippen molar-refractivity contribution in [2.45, 2.75) is 0 Å². The van der Waals surface area contributed by atoms with Crippen molar-refractivity contribution in [1.82, 2.24) is 0 Å². The van der Waals surface area contributed by atoms with Gasteiger partial charge in [0, 0.05) is 4.47 Å². The average molecular weight is 1090 g/mol. The molecule has 4 heteroatoms. The molecule has 0 amide bonds. The lowest BCUT2D eigenvalue weighted by Crippen LogP contribution is -2.29. The fourth-order valence-electron chi connectivity index (χ4n) is 12.2. The van der Waals surface area contributed by atoms with Crippen molar-refractivity contribution >= 4 is 136 Å². The van der Waals surface area contributed by atoms with Gasteiger partial charge in [0.1, 0.15) is 0 Å². The molecular weight excluding hydrogens is 1040 g/mol. The van der Waals surface area contributed by atoms with Crippen LogP contribution < -0.4 is 5.46 Å². The highest BCUT2D eigenvalue weighted by molar-refractivity contribution is 9.10. The van der Waals surface area contributed by atoms with Crippen LogP contribution in [0.2, 0.25) is 0 Å². The average Bonchev–Trinajstić information content (AvgIpc) is 3.65. The Morgan fingerprint density at radius 2 is 0.537 bits per heavy atom. The first-order valence-corrected chi connectivity index (χ1v) is 27.9. The van der Waals surface area contributed by atoms with Crippen LogP contribution in [-0.4, -0.2) is 17.2 Å². The molecule has 2 N–H and O–H groups in total. The van der Waals surface area contributed by atoms with Crippen LogP contribution in [0.25, 0.3) is 141 Å². The highest BCUT2D eigenvalue weighted by atomic mass is 79.9. The van der Waals surface area contributed by atoms with E-state index in [0.717, 1.165) is 20.8 Å². The summed E-state index contributed by atoms with van der Waals surface area (Å²) < 4.78 is 1.15. The van der Waals surface area contributed by atoms with E-state index >= 15 is 0 Å². The van der Waals surface area contributed by atoms with Gasteiger partial charge in [0.15, 0.2) is 0 Å². The minimum Gasteiger partial charge on any atom is -0.423 e. The highest BCUT2D eigenvalue weighted by Gasteiger charge is 2.17. The van der Waals surface area contributed by atoms with Gasteiger partial charge in [-0.25, -0.2) is 0 Å². The Kier molecular flexibility index (Phi) is 12.7. The molecule has 0 aliphatic heterocycles. The van der Waals surface area contributed by atoms with Gasteiger partial charge in [-0.05, 0) is 177 Å². The van der Waals surface area contributed by atoms with Crippen molar-refractivity contribution in [2.24, 2.45) is 0 Å². The van der Waals surface area contributed by atoms with Crippen molar-refractivity contribution in [3.05, 3.63) is 296 Å². The number of fused-ring (bicyclic) bond motifs is 18. The monoisotopic (exact) mass is 1080 g/mol. The normalized spacial score (nSPS) is 11.4. The van der Waals surface area contributed by atoms with Gasteiger partial charge in [-0.15, -0.1) is 0 Å². The maximum absolute atomic E-state index is 9.17. The van der Waals surface area contributed by atoms with E-state index in [4.69, 9.17) is 0 Å². The van der Waals surface area contributed by atoms with Gasteiger partial charge in [-0.1, -0.05) is 277 Å². The molecule has 0 atom stereocenters. The fourth-order valence-corrected chi connectivity index (χ4v) is 12.8. The Hall–Kier alpha value is -9.42. The number of rotatable bonds is 4. The van der Waals surface area contributed by atoms with Crippen LogP contribution in [0.4, 0.5) is 0 Å². The lowest BCUT2D eigenvalue weighted by Gasteiger charge is -2.16. The Morgan fingerprint density at radius 3 is 1.00 bits per heavy atom. The largest absolute Gasteiger partial charge is 0.488 e. The second kappa shape index (κ2) is 20.8. The third kappa shape index (κ3) is 8.81. The zero-order valence-corrected chi connectivity index (χ0v) is 45.1. The number of halogens is 1. The summed E-state index contributed by atoms with van der Waals surface area (Å²) in [4.78, 5) is 0. The van der Waals surface area contributed by atoms with Crippen LogP contribution in [0.1, 0.15) is 0 Å². The van der Waals surface area contributed by atoms with E-state index in [1.54, 1.807) is 12.1 Å². The van der Waals surface area contributed by atoms with E-state index in [1.807, 2.05) is 36.4 Å². The van der Waals surface area contributed by atoms with E-state index < -0.39 is 7.12 Å². The van der Waals surface area contributed by atoms with Crippen molar-refractivity contribution < 1.29 is 10.0 Å². The van der Waals surface area contributed by atoms with Crippen LogP contribution in [0.3, 0.4) is 0 Å². The van der Waals surface area contributed by atoms with E-state index in [1.165, 1.54) is 125 Å². The predicted octanol–water partition coefficient (Wildman–Crippen LogP) is 20.0. The smallest absolute Gasteiger partial charge is 0.423 e. The molecule has 16 aromatic rings. The number of benzene rings is 16. The number of hydrogen-bond acceptors (Lipinski definition) is 2. The van der Waals surface area contributed by atoms with E-state index in [-0.39, 0.29) is 0 Å². The second-order valence-corrected chi connectivity index (χ2v) is 21.5. The van der Waals surface area contributed by atoms with Crippen molar-refractivity contribution in [2.75, 3.05) is 0 Å². The SMILES string of the molecule is Brc1cc2c3ccccc3c3ccccc3c2c2ccccc12.OB(O)c1ccc2cc(-c3ccccc3)ccc2c1.c1ccc(-c2ccc3cc(-c4cc5c6ccccc6c6ccccc6c5c5ccccc45)ccc3c2)cc1. The minimum absolute atomic E-state index is 0.514. The Balaban J connectivity index is 0.000000117. The lowest BCUT2D eigenvalue weighted by molar-refractivity contribution is 0.426. The first-order chi connectivity index (χ1) is 39.4. The highest BCUT2D eigenvalue weighted by Crippen LogP contribution is 2.44. The van der Waals surface area contributed by atoms with Crippen LogP contribution in [0.15, 0.2) is 296 Å². The molecule has 0 radical (unpaired) electrons. The molecule has 0 aliphatic rings. The van der Waals surface area contributed by atoms with Crippen LogP contribution in [0.5, 0.6) is 0 Å². The van der Waals surface area contributed by atoms with Gasteiger partial charge in [0.25, 0.3) is 0 Å². The predicted molar refractivity (Wildman–Crippen MR) is 348 cm³/mol. The molecule has 80 heavy (non-hydrogen) atoms. The van der Waals surface area contributed by atoms with E-state index in [0.29, 0.717) is 5.46 Å². The van der Waals surface area contributed by atoms with Crippen molar-refractivity contribution in [1.29, 1.82) is 0 Å². The summed E-state index contributed by atoms with van der Waals surface area (Å²) in [7, 11) is -1.42. The molecule has 0 spiro atoms. The van der Waals surface area contributed by atoms with Crippen LogP contribution >= 0.6 is 15.9 Å². The summed E-state index contributed by atoms with van der Waals surface area (Å²) >= 11 is 3.77.